The first-order chi connectivity index (χ1) is 6.88. The molecule has 0 radical (unpaired) electrons. The monoisotopic (exact) mass is 323 g/mol. The standard InChI is InChI=1S/C10H14INO3/c1-10(2,6-15-3)12-5-7(11)4-8(12)9(13)14/h4-5H,6H2,1-3H3,(H,13,14). The highest BCUT2D eigenvalue weighted by molar-refractivity contribution is 14.1. The molecule has 5 heteroatoms. The van der Waals surface area contributed by atoms with Crippen molar-refractivity contribution in [2.45, 2.75) is 19.4 Å². The van der Waals surface area contributed by atoms with Crippen LogP contribution in [0.15, 0.2) is 12.3 Å². The van der Waals surface area contributed by atoms with Crippen molar-refractivity contribution in [3.63, 3.8) is 0 Å². The second-order valence-electron chi connectivity index (χ2n) is 3.96. The SMILES string of the molecule is COCC(C)(C)n1cc(I)cc1C(=O)O. The molecule has 1 N–H and O–H groups in total. The molecule has 1 aromatic rings. The fourth-order valence-electron chi connectivity index (χ4n) is 1.52. The molecule has 1 rings (SSSR count). The number of carboxylic acid groups (broad SMARTS) is 1. The lowest BCUT2D eigenvalue weighted by Gasteiger charge is -2.27. The maximum Gasteiger partial charge on any atom is 0.352 e. The van der Waals surface area contributed by atoms with E-state index in [9.17, 15) is 4.79 Å². The molecule has 0 aliphatic heterocycles. The third-order valence-electron chi connectivity index (χ3n) is 2.16. The molecule has 0 aliphatic carbocycles. The van der Waals surface area contributed by atoms with E-state index in [0.717, 1.165) is 3.57 Å². The summed E-state index contributed by atoms with van der Waals surface area (Å²) in [5, 5.41) is 9.05. The lowest BCUT2D eigenvalue weighted by Crippen LogP contribution is -2.33. The third-order valence-corrected chi connectivity index (χ3v) is 2.75. The zero-order valence-corrected chi connectivity index (χ0v) is 11.1. The highest BCUT2D eigenvalue weighted by Gasteiger charge is 2.25. The largest absolute Gasteiger partial charge is 0.477 e. The van der Waals surface area contributed by atoms with Crippen LogP contribution in [0.5, 0.6) is 0 Å². The van der Waals surface area contributed by atoms with E-state index in [0.29, 0.717) is 12.3 Å². The van der Waals surface area contributed by atoms with Crippen LogP contribution in [-0.2, 0) is 10.3 Å². The second kappa shape index (κ2) is 4.52. The number of hydrogen-bond donors (Lipinski definition) is 1. The first-order valence-electron chi connectivity index (χ1n) is 4.49. The third kappa shape index (κ3) is 2.72. The van der Waals surface area contributed by atoms with Gasteiger partial charge in [-0.05, 0) is 42.5 Å². The van der Waals surface area contributed by atoms with Gasteiger partial charge in [-0.2, -0.15) is 0 Å². The molecule has 15 heavy (non-hydrogen) atoms. The predicted octanol–water partition coefficient (Wildman–Crippen LogP) is 2.17. The van der Waals surface area contributed by atoms with E-state index in [1.807, 2.05) is 20.0 Å². The van der Waals surface area contributed by atoms with Gasteiger partial charge in [0.2, 0.25) is 0 Å². The minimum atomic E-state index is -0.915. The van der Waals surface area contributed by atoms with Crippen molar-refractivity contribution in [1.29, 1.82) is 0 Å². The number of hydrogen-bond acceptors (Lipinski definition) is 2. The highest BCUT2D eigenvalue weighted by Crippen LogP contribution is 2.22. The number of carbonyl (C=O) groups is 1. The fourth-order valence-corrected chi connectivity index (χ4v) is 2.09. The van der Waals surface area contributed by atoms with Gasteiger partial charge in [-0.3, -0.25) is 0 Å². The number of ether oxygens (including phenoxy) is 1. The van der Waals surface area contributed by atoms with E-state index in [-0.39, 0.29) is 5.54 Å². The van der Waals surface area contributed by atoms with Gasteiger partial charge in [-0.25, -0.2) is 4.79 Å². The molecule has 0 aliphatic rings. The van der Waals surface area contributed by atoms with Crippen LogP contribution in [-0.4, -0.2) is 29.4 Å². The van der Waals surface area contributed by atoms with Crippen molar-refractivity contribution >= 4 is 28.6 Å². The van der Waals surface area contributed by atoms with Gasteiger partial charge in [-0.15, -0.1) is 0 Å². The van der Waals surface area contributed by atoms with E-state index < -0.39 is 5.97 Å². The number of carboxylic acids is 1. The van der Waals surface area contributed by atoms with E-state index >= 15 is 0 Å². The van der Waals surface area contributed by atoms with E-state index in [1.54, 1.807) is 17.7 Å². The fraction of sp³-hybridized carbons (Fsp3) is 0.500. The average molecular weight is 323 g/mol. The van der Waals surface area contributed by atoms with Crippen molar-refractivity contribution < 1.29 is 14.6 Å². The summed E-state index contributed by atoms with van der Waals surface area (Å²) in [5.41, 5.74) is -0.0623. The molecule has 84 valence electrons. The predicted molar refractivity (Wildman–Crippen MR) is 65.3 cm³/mol. The van der Waals surface area contributed by atoms with Crippen molar-refractivity contribution in [2.75, 3.05) is 13.7 Å². The Morgan fingerprint density at radius 3 is 2.73 bits per heavy atom. The van der Waals surface area contributed by atoms with E-state index in [4.69, 9.17) is 9.84 Å². The van der Waals surface area contributed by atoms with Crippen LogP contribution in [0.1, 0.15) is 24.3 Å². The molecular weight excluding hydrogens is 309 g/mol. The van der Waals surface area contributed by atoms with Crippen LogP contribution < -0.4 is 0 Å². The molecule has 1 aromatic heterocycles. The lowest BCUT2D eigenvalue weighted by atomic mass is 10.1. The molecule has 0 atom stereocenters. The highest BCUT2D eigenvalue weighted by atomic mass is 127. The maximum atomic E-state index is 11.0. The Morgan fingerprint density at radius 1 is 1.67 bits per heavy atom. The van der Waals surface area contributed by atoms with Crippen LogP contribution in [0.25, 0.3) is 0 Å². The summed E-state index contributed by atoms with van der Waals surface area (Å²) in [4.78, 5) is 11.0. The van der Waals surface area contributed by atoms with Crippen molar-refractivity contribution in [3.8, 4) is 0 Å². The summed E-state index contributed by atoms with van der Waals surface area (Å²) in [6.45, 7) is 4.36. The molecule has 0 fully saturated rings. The minimum absolute atomic E-state index is 0.293. The molecule has 0 saturated carbocycles. The van der Waals surface area contributed by atoms with Crippen molar-refractivity contribution in [1.82, 2.24) is 4.57 Å². The summed E-state index contributed by atoms with van der Waals surface area (Å²) in [6, 6.07) is 1.65. The Kier molecular flexibility index (Phi) is 3.77. The Balaban J connectivity index is 3.17. The molecule has 0 aromatic carbocycles. The molecule has 0 spiro atoms. The van der Waals surface area contributed by atoms with Crippen LogP contribution in [0.4, 0.5) is 0 Å². The number of halogens is 1. The zero-order valence-electron chi connectivity index (χ0n) is 8.95. The first-order valence-corrected chi connectivity index (χ1v) is 5.57. The number of rotatable bonds is 4. The van der Waals surface area contributed by atoms with E-state index in [2.05, 4.69) is 22.6 Å². The number of nitrogens with zero attached hydrogens (tertiary/aromatic N) is 1. The number of methoxy groups -OCH3 is 1. The van der Waals surface area contributed by atoms with Crippen LogP contribution in [0.3, 0.4) is 0 Å². The number of aromatic carboxylic acids is 1. The average Bonchev–Trinajstić information content (AvgIpc) is 2.47. The Bertz CT molecular complexity index is 371. The van der Waals surface area contributed by atoms with E-state index in [1.165, 1.54) is 0 Å². The summed E-state index contributed by atoms with van der Waals surface area (Å²) >= 11 is 2.10. The molecule has 1 heterocycles. The van der Waals surface area contributed by atoms with Gasteiger partial charge in [0.05, 0.1) is 12.1 Å². The normalized spacial score (nSPS) is 11.7. The summed E-state index contributed by atoms with van der Waals surface area (Å²) in [6.07, 6.45) is 1.82. The quantitative estimate of drug-likeness (QED) is 0.864. The molecule has 0 unspecified atom stereocenters. The van der Waals surface area contributed by atoms with Gasteiger partial charge in [0.15, 0.2) is 0 Å². The topological polar surface area (TPSA) is 51.5 Å². The smallest absolute Gasteiger partial charge is 0.352 e. The van der Waals surface area contributed by atoms with Gasteiger partial charge in [0.25, 0.3) is 0 Å². The summed E-state index contributed by atoms with van der Waals surface area (Å²) in [5.74, 6) is -0.915. The molecule has 0 amide bonds. The minimum Gasteiger partial charge on any atom is -0.477 e. The van der Waals surface area contributed by atoms with Crippen LogP contribution >= 0.6 is 22.6 Å². The molecule has 0 bridgehead atoms. The zero-order chi connectivity index (χ0) is 11.6. The molecule has 0 saturated heterocycles. The summed E-state index contributed by atoms with van der Waals surface area (Å²) < 4.78 is 7.74. The van der Waals surface area contributed by atoms with Gasteiger partial charge < -0.3 is 14.4 Å². The lowest BCUT2D eigenvalue weighted by molar-refractivity contribution is 0.0654. The van der Waals surface area contributed by atoms with Gasteiger partial charge in [0.1, 0.15) is 5.69 Å². The van der Waals surface area contributed by atoms with Gasteiger partial charge >= 0.3 is 5.97 Å². The van der Waals surface area contributed by atoms with Gasteiger partial charge in [0, 0.05) is 16.9 Å². The van der Waals surface area contributed by atoms with Crippen LogP contribution in [0, 0.1) is 3.57 Å². The van der Waals surface area contributed by atoms with Crippen LogP contribution in [0.2, 0.25) is 0 Å². The molecular formula is C10H14INO3. The maximum absolute atomic E-state index is 11.0. The van der Waals surface area contributed by atoms with Crippen molar-refractivity contribution in [2.24, 2.45) is 0 Å². The first kappa shape index (κ1) is 12.5. The Morgan fingerprint density at radius 2 is 2.27 bits per heavy atom. The Hall–Kier alpha value is -0.560. The van der Waals surface area contributed by atoms with Gasteiger partial charge in [-0.1, -0.05) is 0 Å². The summed E-state index contributed by atoms with van der Waals surface area (Å²) in [7, 11) is 1.61. The molecule has 4 nitrogen and oxygen atoms in total. The number of aromatic nitrogens is 1. The van der Waals surface area contributed by atoms with Crippen molar-refractivity contribution in [3.05, 3.63) is 21.5 Å². The Labute approximate surface area is 102 Å². The second-order valence-corrected chi connectivity index (χ2v) is 5.21.